The highest BCUT2D eigenvalue weighted by Crippen LogP contribution is 2.18. The van der Waals surface area contributed by atoms with Crippen LogP contribution in [0.4, 0.5) is 0 Å². The van der Waals surface area contributed by atoms with Crippen LogP contribution in [0.5, 0.6) is 0 Å². The van der Waals surface area contributed by atoms with Crippen LogP contribution in [0.1, 0.15) is 33.6 Å². The number of hydrogen-bond acceptors (Lipinski definition) is 4. The van der Waals surface area contributed by atoms with Crippen molar-refractivity contribution >= 4 is 18.4 Å². The minimum absolute atomic E-state index is 0.258. The fourth-order valence-corrected chi connectivity index (χ4v) is 6.02. The summed E-state index contributed by atoms with van der Waals surface area (Å²) in [6.45, 7) is 10.6. The maximum atomic E-state index is 11.5. The van der Waals surface area contributed by atoms with Gasteiger partial charge < -0.3 is 4.43 Å². The summed E-state index contributed by atoms with van der Waals surface area (Å²) in [5.41, 5.74) is 0. The quantitative estimate of drug-likeness (QED) is 0.371. The Kier molecular flexibility index (Phi) is 7.54. The van der Waals surface area contributed by atoms with Gasteiger partial charge in [0.2, 0.25) is 0 Å². The molecule has 0 radical (unpaired) electrons. The Morgan fingerprint density at radius 3 is 2.29 bits per heavy atom. The minimum Gasteiger partial charge on any atom is -0.402 e. The second-order valence-electron chi connectivity index (χ2n) is 5.35. The van der Waals surface area contributed by atoms with Gasteiger partial charge in [-0.25, -0.2) is 0 Å². The lowest BCUT2D eigenvalue weighted by molar-refractivity contribution is 0.278. The molecule has 0 aliphatic heterocycles. The maximum Gasteiger partial charge on any atom is 0.290 e. The SMILES string of the molecule is CCCCOS(=O)(=O)CO[Si](C)(C)CC(C)C. The first-order valence-electron chi connectivity index (χ1n) is 6.19. The van der Waals surface area contributed by atoms with E-state index >= 15 is 0 Å². The highest BCUT2D eigenvalue weighted by Gasteiger charge is 2.26. The molecule has 17 heavy (non-hydrogen) atoms. The molecule has 0 unspecified atom stereocenters. The third-order valence-corrected chi connectivity index (χ3v) is 6.12. The third-order valence-electron chi connectivity index (χ3n) is 2.25. The molecule has 0 aromatic rings. The van der Waals surface area contributed by atoms with E-state index in [-0.39, 0.29) is 12.5 Å². The summed E-state index contributed by atoms with van der Waals surface area (Å²) in [6, 6.07) is 0.956. The van der Waals surface area contributed by atoms with Crippen LogP contribution in [0.3, 0.4) is 0 Å². The molecule has 0 fully saturated rings. The molecule has 0 amide bonds. The molecule has 0 aliphatic rings. The van der Waals surface area contributed by atoms with Gasteiger partial charge in [-0.3, -0.25) is 4.18 Å². The maximum absolute atomic E-state index is 11.5. The van der Waals surface area contributed by atoms with Gasteiger partial charge in [-0.1, -0.05) is 27.2 Å². The van der Waals surface area contributed by atoms with Crippen molar-refractivity contribution in [3.63, 3.8) is 0 Å². The van der Waals surface area contributed by atoms with E-state index in [1.165, 1.54) is 0 Å². The molecule has 0 heterocycles. The molecule has 0 saturated carbocycles. The van der Waals surface area contributed by atoms with Crippen LogP contribution in [0.2, 0.25) is 19.1 Å². The lowest BCUT2D eigenvalue weighted by Crippen LogP contribution is -2.34. The summed E-state index contributed by atoms with van der Waals surface area (Å²) in [5.74, 6) is 0.225. The first-order valence-corrected chi connectivity index (χ1v) is 10.9. The van der Waals surface area contributed by atoms with E-state index in [1.807, 2.05) is 20.0 Å². The van der Waals surface area contributed by atoms with Crippen molar-refractivity contribution in [2.75, 3.05) is 12.5 Å². The first-order chi connectivity index (χ1) is 7.68. The molecular formula is C11H26O4SSi. The number of rotatable bonds is 9. The largest absolute Gasteiger partial charge is 0.402 e. The molecule has 0 rings (SSSR count). The summed E-state index contributed by atoms with van der Waals surface area (Å²) in [5, 5.41) is 0. The van der Waals surface area contributed by atoms with Gasteiger partial charge in [-0.15, -0.1) is 0 Å². The van der Waals surface area contributed by atoms with Crippen LogP contribution in [0.25, 0.3) is 0 Å². The van der Waals surface area contributed by atoms with Crippen molar-refractivity contribution in [3.05, 3.63) is 0 Å². The molecule has 0 spiro atoms. The van der Waals surface area contributed by atoms with Crippen LogP contribution in [0, 0.1) is 5.92 Å². The Hall–Kier alpha value is 0.0869. The summed E-state index contributed by atoms with van der Waals surface area (Å²) in [4.78, 5) is 0. The molecule has 0 bridgehead atoms. The zero-order valence-corrected chi connectivity index (χ0v) is 13.5. The molecule has 0 saturated heterocycles. The van der Waals surface area contributed by atoms with Crippen LogP contribution in [-0.2, 0) is 18.7 Å². The molecule has 0 atom stereocenters. The molecule has 0 aromatic heterocycles. The fraction of sp³-hybridized carbons (Fsp3) is 1.00. The van der Waals surface area contributed by atoms with Gasteiger partial charge in [0.15, 0.2) is 14.3 Å². The fourth-order valence-electron chi connectivity index (χ4n) is 1.64. The summed E-state index contributed by atoms with van der Waals surface area (Å²) in [6.07, 6.45) is 1.68. The Morgan fingerprint density at radius 2 is 1.82 bits per heavy atom. The van der Waals surface area contributed by atoms with Crippen LogP contribution in [-0.4, -0.2) is 29.3 Å². The van der Waals surface area contributed by atoms with Crippen LogP contribution >= 0.6 is 0 Å². The number of unbranched alkanes of at least 4 members (excludes halogenated alkanes) is 1. The molecule has 0 N–H and O–H groups in total. The monoisotopic (exact) mass is 282 g/mol. The standard InChI is InChI=1S/C11H26O4SSi/c1-6-7-8-14-16(12,13)10-15-17(4,5)9-11(2)3/h11H,6-10H2,1-5H3. The lowest BCUT2D eigenvalue weighted by atomic mass is 10.3. The van der Waals surface area contributed by atoms with E-state index in [0.29, 0.717) is 5.92 Å². The van der Waals surface area contributed by atoms with Crippen molar-refractivity contribution < 1.29 is 17.0 Å². The van der Waals surface area contributed by atoms with Crippen molar-refractivity contribution in [2.24, 2.45) is 5.92 Å². The summed E-state index contributed by atoms with van der Waals surface area (Å²) < 4.78 is 33.4. The Labute approximate surface area is 107 Å². The smallest absolute Gasteiger partial charge is 0.290 e. The predicted octanol–water partition coefficient (Wildman–Crippen LogP) is 2.97. The second kappa shape index (κ2) is 7.51. The zero-order valence-electron chi connectivity index (χ0n) is 11.7. The predicted molar refractivity (Wildman–Crippen MR) is 72.9 cm³/mol. The summed E-state index contributed by atoms with van der Waals surface area (Å²) >= 11 is 0. The third kappa shape index (κ3) is 9.76. The normalized spacial score (nSPS) is 13.3. The molecule has 0 aliphatic carbocycles. The number of hydrogen-bond donors (Lipinski definition) is 0. The van der Waals surface area contributed by atoms with E-state index in [4.69, 9.17) is 8.61 Å². The van der Waals surface area contributed by atoms with Gasteiger partial charge in [0.25, 0.3) is 10.1 Å². The Bertz CT molecular complexity index is 299. The molecule has 104 valence electrons. The van der Waals surface area contributed by atoms with E-state index < -0.39 is 18.4 Å². The molecule has 4 nitrogen and oxygen atoms in total. The lowest BCUT2D eigenvalue weighted by Gasteiger charge is -2.24. The van der Waals surface area contributed by atoms with Crippen molar-refractivity contribution in [3.8, 4) is 0 Å². The molecule has 0 aromatic carbocycles. The van der Waals surface area contributed by atoms with Crippen LogP contribution in [0.15, 0.2) is 0 Å². The minimum atomic E-state index is -3.51. The zero-order chi connectivity index (χ0) is 13.5. The van der Waals surface area contributed by atoms with Gasteiger partial charge in [-0.2, -0.15) is 8.42 Å². The Balaban J connectivity index is 4.08. The topological polar surface area (TPSA) is 52.6 Å². The first kappa shape index (κ1) is 17.1. The highest BCUT2D eigenvalue weighted by molar-refractivity contribution is 7.86. The molecule has 6 heteroatoms. The van der Waals surface area contributed by atoms with Gasteiger partial charge >= 0.3 is 0 Å². The van der Waals surface area contributed by atoms with E-state index in [1.54, 1.807) is 0 Å². The second-order valence-corrected chi connectivity index (χ2v) is 11.2. The Morgan fingerprint density at radius 1 is 1.24 bits per heavy atom. The average molecular weight is 282 g/mol. The van der Waals surface area contributed by atoms with Crippen LogP contribution < -0.4 is 0 Å². The van der Waals surface area contributed by atoms with Gasteiger partial charge in [0.1, 0.15) is 0 Å². The van der Waals surface area contributed by atoms with Gasteiger partial charge in [0, 0.05) is 0 Å². The van der Waals surface area contributed by atoms with Crippen molar-refractivity contribution in [1.29, 1.82) is 0 Å². The van der Waals surface area contributed by atoms with E-state index in [9.17, 15) is 8.42 Å². The highest BCUT2D eigenvalue weighted by atomic mass is 32.2. The molecular weight excluding hydrogens is 256 g/mol. The summed E-state index contributed by atoms with van der Waals surface area (Å²) in [7, 11) is -5.39. The van der Waals surface area contributed by atoms with Gasteiger partial charge in [-0.05, 0) is 31.5 Å². The van der Waals surface area contributed by atoms with Crippen molar-refractivity contribution in [2.45, 2.75) is 52.8 Å². The van der Waals surface area contributed by atoms with E-state index in [2.05, 4.69) is 13.8 Å². The van der Waals surface area contributed by atoms with Crippen molar-refractivity contribution in [1.82, 2.24) is 0 Å². The van der Waals surface area contributed by atoms with E-state index in [0.717, 1.165) is 18.9 Å². The average Bonchev–Trinajstić information content (AvgIpc) is 2.14. The van der Waals surface area contributed by atoms with Gasteiger partial charge in [0.05, 0.1) is 6.61 Å².